The number of benzene rings is 1. The summed E-state index contributed by atoms with van der Waals surface area (Å²) in [4.78, 5) is 2.14. The van der Waals surface area contributed by atoms with Gasteiger partial charge in [-0.15, -0.1) is 0 Å². The average Bonchev–Trinajstić information content (AvgIpc) is 2.37. The summed E-state index contributed by atoms with van der Waals surface area (Å²) in [7, 11) is 0. The van der Waals surface area contributed by atoms with Gasteiger partial charge in [-0.1, -0.05) is 0 Å². The maximum atomic E-state index is 8.96. The molecule has 0 saturated carbocycles. The second kappa shape index (κ2) is 7.92. The topological polar surface area (TPSA) is 61.5 Å². The number of nitrogens with zero attached hydrogens (tertiary/aromatic N) is 1. The van der Waals surface area contributed by atoms with E-state index in [9.17, 15) is 0 Å². The molecule has 96 valence electrons. The number of rotatable bonds is 8. The largest absolute Gasteiger partial charge is 0.395 e. The second-order valence-electron chi connectivity index (χ2n) is 3.92. The molecule has 0 aliphatic rings. The number of nitrogens with one attached hydrogen (secondary N) is 1. The van der Waals surface area contributed by atoms with E-state index in [4.69, 9.17) is 10.8 Å². The molecule has 0 atom stereocenters. The summed E-state index contributed by atoms with van der Waals surface area (Å²) in [6.45, 7) is 5.47. The number of likely N-dealkylation sites (N-methyl/N-ethyl adjacent to an activating group) is 1. The summed E-state index contributed by atoms with van der Waals surface area (Å²) >= 11 is 0. The Hall–Kier alpha value is -1.26. The van der Waals surface area contributed by atoms with Crippen molar-refractivity contribution in [1.82, 2.24) is 0 Å². The zero-order chi connectivity index (χ0) is 12.5. The fourth-order valence-corrected chi connectivity index (χ4v) is 1.72. The van der Waals surface area contributed by atoms with Gasteiger partial charge in [-0.3, -0.25) is 0 Å². The monoisotopic (exact) mass is 237 g/mol. The predicted octanol–water partition coefficient (Wildman–Crippen LogP) is 1.27. The van der Waals surface area contributed by atoms with Gasteiger partial charge in [0.1, 0.15) is 0 Å². The number of hydrogen-bond acceptors (Lipinski definition) is 4. The molecule has 4 nitrogen and oxygen atoms in total. The van der Waals surface area contributed by atoms with E-state index in [2.05, 4.69) is 41.4 Å². The summed E-state index contributed by atoms with van der Waals surface area (Å²) < 4.78 is 0. The molecule has 0 bridgehead atoms. The van der Waals surface area contributed by atoms with E-state index in [-0.39, 0.29) is 6.61 Å². The highest BCUT2D eigenvalue weighted by atomic mass is 16.3. The molecule has 17 heavy (non-hydrogen) atoms. The molecule has 0 aromatic heterocycles. The third-order valence-electron chi connectivity index (χ3n) is 2.69. The van der Waals surface area contributed by atoms with Gasteiger partial charge in [0, 0.05) is 31.0 Å². The van der Waals surface area contributed by atoms with E-state index in [1.165, 1.54) is 0 Å². The molecule has 0 amide bonds. The van der Waals surface area contributed by atoms with Crippen LogP contribution in [-0.2, 0) is 0 Å². The molecule has 4 heteroatoms. The van der Waals surface area contributed by atoms with Crippen LogP contribution in [0.3, 0.4) is 0 Å². The Labute approximate surface area is 103 Å². The summed E-state index contributed by atoms with van der Waals surface area (Å²) in [5, 5.41) is 12.3. The van der Waals surface area contributed by atoms with Crippen LogP contribution in [0.1, 0.15) is 13.3 Å². The van der Waals surface area contributed by atoms with Crippen molar-refractivity contribution in [1.29, 1.82) is 0 Å². The fourth-order valence-electron chi connectivity index (χ4n) is 1.72. The van der Waals surface area contributed by atoms with Gasteiger partial charge in [0.2, 0.25) is 0 Å². The Morgan fingerprint density at radius 3 is 2.53 bits per heavy atom. The lowest BCUT2D eigenvalue weighted by Crippen LogP contribution is -2.25. The maximum Gasteiger partial charge on any atom is 0.0606 e. The summed E-state index contributed by atoms with van der Waals surface area (Å²) in [5.74, 6) is 0. The number of nitrogens with two attached hydrogens (primary N) is 1. The lowest BCUT2D eigenvalue weighted by atomic mass is 10.2. The average molecular weight is 237 g/mol. The first kappa shape index (κ1) is 13.8. The van der Waals surface area contributed by atoms with Gasteiger partial charge in [0.25, 0.3) is 0 Å². The molecule has 4 N–H and O–H groups in total. The highest BCUT2D eigenvalue weighted by molar-refractivity contribution is 5.55. The van der Waals surface area contributed by atoms with Gasteiger partial charge in [0.15, 0.2) is 0 Å². The van der Waals surface area contributed by atoms with Crippen LogP contribution in [0.2, 0.25) is 0 Å². The Balaban J connectivity index is 2.53. The molecule has 0 aliphatic heterocycles. The van der Waals surface area contributed by atoms with Gasteiger partial charge < -0.3 is 21.1 Å². The quantitative estimate of drug-likeness (QED) is 0.596. The second-order valence-corrected chi connectivity index (χ2v) is 3.92. The van der Waals surface area contributed by atoms with Crippen LogP contribution in [0.5, 0.6) is 0 Å². The first-order valence-corrected chi connectivity index (χ1v) is 6.21. The van der Waals surface area contributed by atoms with Crippen molar-refractivity contribution in [2.24, 2.45) is 5.73 Å². The molecule has 0 radical (unpaired) electrons. The van der Waals surface area contributed by atoms with Gasteiger partial charge >= 0.3 is 0 Å². The molecular weight excluding hydrogens is 214 g/mol. The summed E-state index contributed by atoms with van der Waals surface area (Å²) in [6, 6.07) is 8.27. The van der Waals surface area contributed by atoms with E-state index < -0.39 is 0 Å². The first-order chi connectivity index (χ1) is 8.31. The molecule has 0 saturated heterocycles. The fraction of sp³-hybridized carbons (Fsp3) is 0.538. The van der Waals surface area contributed by atoms with E-state index >= 15 is 0 Å². The van der Waals surface area contributed by atoms with Crippen molar-refractivity contribution in [3.63, 3.8) is 0 Å². The molecule has 1 aromatic carbocycles. The van der Waals surface area contributed by atoms with Crippen LogP contribution in [0, 0.1) is 0 Å². The van der Waals surface area contributed by atoms with Crippen LogP contribution < -0.4 is 16.0 Å². The number of anilines is 2. The van der Waals surface area contributed by atoms with Crippen molar-refractivity contribution < 1.29 is 5.11 Å². The Morgan fingerprint density at radius 2 is 2.00 bits per heavy atom. The van der Waals surface area contributed by atoms with Crippen LogP contribution in [0.15, 0.2) is 24.3 Å². The van der Waals surface area contributed by atoms with Crippen molar-refractivity contribution in [2.75, 3.05) is 43.0 Å². The van der Waals surface area contributed by atoms with E-state index in [1.807, 2.05) is 0 Å². The normalized spacial score (nSPS) is 10.3. The van der Waals surface area contributed by atoms with Crippen molar-refractivity contribution in [3.05, 3.63) is 24.3 Å². The summed E-state index contributed by atoms with van der Waals surface area (Å²) in [6.07, 6.45) is 0.980. The predicted molar refractivity (Wildman–Crippen MR) is 73.6 cm³/mol. The SMILES string of the molecule is CCN(CCO)c1ccc(NCCCN)cc1. The van der Waals surface area contributed by atoms with Crippen LogP contribution in [0.25, 0.3) is 0 Å². The van der Waals surface area contributed by atoms with Crippen molar-refractivity contribution in [3.8, 4) is 0 Å². The van der Waals surface area contributed by atoms with Gasteiger partial charge in [-0.25, -0.2) is 0 Å². The van der Waals surface area contributed by atoms with E-state index in [0.29, 0.717) is 13.1 Å². The van der Waals surface area contributed by atoms with E-state index in [1.54, 1.807) is 0 Å². The Kier molecular flexibility index (Phi) is 6.43. The van der Waals surface area contributed by atoms with Gasteiger partial charge in [0.05, 0.1) is 6.61 Å². The van der Waals surface area contributed by atoms with Crippen LogP contribution in [0.4, 0.5) is 11.4 Å². The first-order valence-electron chi connectivity index (χ1n) is 6.21. The minimum atomic E-state index is 0.185. The molecular formula is C13H23N3O. The Morgan fingerprint density at radius 1 is 1.29 bits per heavy atom. The minimum Gasteiger partial charge on any atom is -0.395 e. The smallest absolute Gasteiger partial charge is 0.0606 e. The number of aliphatic hydroxyl groups excluding tert-OH is 1. The zero-order valence-electron chi connectivity index (χ0n) is 10.5. The maximum absolute atomic E-state index is 8.96. The van der Waals surface area contributed by atoms with Crippen LogP contribution >= 0.6 is 0 Å². The number of hydrogen-bond donors (Lipinski definition) is 3. The number of aliphatic hydroxyl groups is 1. The van der Waals surface area contributed by atoms with Gasteiger partial charge in [-0.2, -0.15) is 0 Å². The third kappa shape index (κ3) is 4.63. The highest BCUT2D eigenvalue weighted by Gasteiger charge is 2.02. The zero-order valence-corrected chi connectivity index (χ0v) is 10.5. The Bertz CT molecular complexity index is 300. The van der Waals surface area contributed by atoms with Crippen molar-refractivity contribution >= 4 is 11.4 Å². The molecule has 1 rings (SSSR count). The molecule has 0 spiro atoms. The lowest BCUT2D eigenvalue weighted by molar-refractivity contribution is 0.302. The van der Waals surface area contributed by atoms with Crippen molar-refractivity contribution in [2.45, 2.75) is 13.3 Å². The summed E-state index contributed by atoms with van der Waals surface area (Å²) in [5.41, 5.74) is 7.70. The molecule has 0 heterocycles. The molecule has 0 unspecified atom stereocenters. The minimum absolute atomic E-state index is 0.185. The van der Waals surface area contributed by atoms with Crippen LogP contribution in [-0.4, -0.2) is 37.9 Å². The highest BCUT2D eigenvalue weighted by Crippen LogP contribution is 2.17. The lowest BCUT2D eigenvalue weighted by Gasteiger charge is -2.22. The molecule has 0 fully saturated rings. The third-order valence-corrected chi connectivity index (χ3v) is 2.69. The molecule has 0 aliphatic carbocycles. The van der Waals surface area contributed by atoms with Gasteiger partial charge in [-0.05, 0) is 44.2 Å². The van der Waals surface area contributed by atoms with E-state index in [0.717, 1.165) is 30.9 Å². The standard InChI is InChI=1S/C13H23N3O/c1-2-16(10-11-17)13-6-4-12(5-7-13)15-9-3-8-14/h4-7,15,17H,2-3,8-11,14H2,1H3. The molecule has 1 aromatic rings.